The summed E-state index contributed by atoms with van der Waals surface area (Å²) in [4.78, 5) is 0. The number of allylic oxidation sites excluding steroid dienone is 2. The van der Waals surface area contributed by atoms with Crippen LogP contribution in [-0.2, 0) is 29.2 Å². The van der Waals surface area contributed by atoms with Gasteiger partial charge in [0.05, 0.1) is 13.2 Å². The van der Waals surface area contributed by atoms with E-state index in [-0.39, 0.29) is 62.8 Å². The molecule has 0 radical (unpaired) electrons. The monoisotopic (exact) mass is 1130 g/mol. The number of hydrogen-bond acceptors (Lipinski definition) is 8. The van der Waals surface area contributed by atoms with Gasteiger partial charge >= 0.3 is 37.7 Å². The van der Waals surface area contributed by atoms with E-state index in [2.05, 4.69) is 60.4 Å². The first kappa shape index (κ1) is 79.7. The van der Waals surface area contributed by atoms with Crippen molar-refractivity contribution >= 4 is 58.5 Å². The first-order valence-corrected chi connectivity index (χ1v) is 35.2. The summed E-state index contributed by atoms with van der Waals surface area (Å²) in [6.07, 6.45) is 76.0. The molecule has 2 atom stereocenters. The van der Waals surface area contributed by atoms with Crippen molar-refractivity contribution in [2.75, 3.05) is 13.2 Å². The van der Waals surface area contributed by atoms with Gasteiger partial charge in [-0.1, -0.05) is 347 Å². The van der Waals surface area contributed by atoms with Crippen LogP contribution in [0.25, 0.3) is 0 Å². The van der Waals surface area contributed by atoms with Gasteiger partial charge in [-0.2, -0.15) is 0 Å². The van der Waals surface area contributed by atoms with Gasteiger partial charge < -0.3 is 9.11 Å². The van der Waals surface area contributed by atoms with Crippen molar-refractivity contribution in [1.29, 1.82) is 0 Å². The molecule has 0 aromatic carbocycles. The van der Waals surface area contributed by atoms with Crippen LogP contribution in [0.3, 0.4) is 0 Å². The van der Waals surface area contributed by atoms with Crippen LogP contribution in [0.2, 0.25) is 0 Å². The molecule has 75 heavy (non-hydrogen) atoms. The molecule has 0 aliphatic carbocycles. The van der Waals surface area contributed by atoms with E-state index < -0.39 is 20.8 Å². The molecule has 0 bridgehead atoms. The normalized spacial score (nSPS) is 12.9. The second kappa shape index (κ2) is 65.3. The third kappa shape index (κ3) is 74.5. The fourth-order valence-electron chi connectivity index (χ4n) is 10.1. The molecule has 444 valence electrons. The minimum atomic E-state index is -4.62. The molecule has 0 spiro atoms. The third-order valence-electron chi connectivity index (χ3n) is 15.0. The number of rotatable bonds is 60. The largest absolute Gasteiger partial charge is 2.00 e. The Bertz CT molecular complexity index is 1260. The zero-order valence-corrected chi connectivity index (χ0v) is 54.3. The topological polar surface area (TPSA) is 133 Å². The van der Waals surface area contributed by atoms with E-state index in [0.29, 0.717) is 0 Å². The molecular weight excluding hydrogens is 1000 g/mol. The third-order valence-corrected chi connectivity index (χ3v) is 15.8. The number of hydrogen-bond donors (Lipinski definition) is 0. The predicted octanol–water partition coefficient (Wildman–Crippen LogP) is 21.3. The summed E-state index contributed by atoms with van der Waals surface area (Å²) in [5, 5.41) is 0. The van der Waals surface area contributed by atoms with Crippen LogP contribution in [0.1, 0.15) is 362 Å². The zero-order valence-electron chi connectivity index (χ0n) is 50.4. The summed E-state index contributed by atoms with van der Waals surface area (Å²) in [7, 11) is -9.24. The van der Waals surface area contributed by atoms with Crippen molar-refractivity contribution in [3.05, 3.63) is 24.3 Å². The Balaban J connectivity index is -0.00000136. The van der Waals surface area contributed by atoms with Gasteiger partial charge in [0.1, 0.15) is 0 Å². The second-order valence-corrected chi connectivity index (χ2v) is 24.6. The van der Waals surface area contributed by atoms with Crippen LogP contribution in [0.4, 0.5) is 0 Å². The van der Waals surface area contributed by atoms with E-state index in [4.69, 9.17) is 0 Å². The average Bonchev–Trinajstić information content (AvgIpc) is 3.37. The molecule has 0 rings (SSSR count). The van der Waals surface area contributed by atoms with Crippen LogP contribution in [0, 0.1) is 11.8 Å². The average molecular weight is 1130 g/mol. The van der Waals surface area contributed by atoms with Gasteiger partial charge in [-0.05, 0) is 38.5 Å². The van der Waals surface area contributed by atoms with Crippen molar-refractivity contribution in [2.45, 2.75) is 362 Å². The Hall–Kier alpha value is 0.480. The van der Waals surface area contributed by atoms with Crippen LogP contribution in [-0.4, -0.2) is 76.9 Å². The van der Waals surface area contributed by atoms with Gasteiger partial charge in [0.15, 0.2) is 0 Å². The van der Waals surface area contributed by atoms with Gasteiger partial charge in [0.2, 0.25) is 20.8 Å². The molecule has 0 aliphatic heterocycles. The van der Waals surface area contributed by atoms with E-state index in [1.807, 2.05) is 0 Å². The van der Waals surface area contributed by atoms with Crippen molar-refractivity contribution in [3.8, 4) is 0 Å². The zero-order chi connectivity index (χ0) is 54.6. The van der Waals surface area contributed by atoms with Crippen LogP contribution >= 0.6 is 0 Å². The van der Waals surface area contributed by atoms with Gasteiger partial charge in [0, 0.05) is 11.8 Å². The SMILES string of the molecule is CCCCCCCCCCCCC/C=C/C(CCCCCCCCCCCCCCC)COS(=O)(=O)[O-].CCCCCCCCCCCCC/C=C/C(CCCCCCCCCCCCCCC)COS(=O)(=O)[O-].[Ca+2]. The minimum absolute atomic E-state index is 0. The van der Waals surface area contributed by atoms with E-state index in [0.717, 1.165) is 38.5 Å². The van der Waals surface area contributed by atoms with Crippen LogP contribution in [0.15, 0.2) is 24.3 Å². The van der Waals surface area contributed by atoms with Crippen molar-refractivity contribution in [3.63, 3.8) is 0 Å². The molecule has 0 fully saturated rings. The Morgan fingerprint density at radius 1 is 0.293 bits per heavy atom. The molecule has 8 nitrogen and oxygen atoms in total. The Morgan fingerprint density at radius 3 is 0.653 bits per heavy atom. The molecule has 11 heteroatoms. The molecular formula is C64H126CaO8S2. The summed E-state index contributed by atoms with van der Waals surface area (Å²) in [6, 6.07) is 0. The Labute approximate surface area is 499 Å². The van der Waals surface area contributed by atoms with E-state index in [1.165, 1.54) is 295 Å². The van der Waals surface area contributed by atoms with Gasteiger partial charge in [-0.3, -0.25) is 8.37 Å². The van der Waals surface area contributed by atoms with Crippen LogP contribution < -0.4 is 0 Å². The number of unbranched alkanes of at least 4 members (excludes halogenated alkanes) is 46. The molecule has 0 N–H and O–H groups in total. The summed E-state index contributed by atoms with van der Waals surface area (Å²) in [6.45, 7) is 9.03. The molecule has 0 aromatic rings. The smallest absolute Gasteiger partial charge is 0.726 e. The van der Waals surface area contributed by atoms with Crippen molar-refractivity contribution in [1.82, 2.24) is 0 Å². The molecule has 0 heterocycles. The summed E-state index contributed by atoms with van der Waals surface area (Å²) in [5.74, 6) is 0.0354. The molecule has 2 unspecified atom stereocenters. The van der Waals surface area contributed by atoms with Crippen LogP contribution in [0.5, 0.6) is 0 Å². The molecule has 0 amide bonds. The fraction of sp³-hybridized carbons (Fsp3) is 0.938. The molecule has 0 aromatic heterocycles. The van der Waals surface area contributed by atoms with Gasteiger partial charge in [0.25, 0.3) is 0 Å². The molecule has 0 saturated heterocycles. The molecule has 0 aliphatic rings. The predicted molar refractivity (Wildman–Crippen MR) is 325 cm³/mol. The summed E-state index contributed by atoms with van der Waals surface area (Å²) >= 11 is 0. The van der Waals surface area contributed by atoms with E-state index in [1.54, 1.807) is 0 Å². The summed E-state index contributed by atoms with van der Waals surface area (Å²) < 4.78 is 74.6. The second-order valence-electron chi connectivity index (χ2n) is 22.5. The Morgan fingerprint density at radius 2 is 0.467 bits per heavy atom. The van der Waals surface area contributed by atoms with Crippen molar-refractivity contribution < 1.29 is 34.3 Å². The quantitative estimate of drug-likeness (QED) is 0.0193. The fourth-order valence-corrected chi connectivity index (χ4v) is 10.8. The van der Waals surface area contributed by atoms with Gasteiger partial charge in [-0.15, -0.1) is 0 Å². The van der Waals surface area contributed by atoms with E-state index >= 15 is 0 Å². The maximum Gasteiger partial charge on any atom is 2.00 e. The van der Waals surface area contributed by atoms with E-state index in [9.17, 15) is 25.9 Å². The summed E-state index contributed by atoms with van der Waals surface area (Å²) in [5.41, 5.74) is 0. The maximum atomic E-state index is 10.9. The van der Waals surface area contributed by atoms with Crippen molar-refractivity contribution in [2.24, 2.45) is 11.8 Å². The van der Waals surface area contributed by atoms with Gasteiger partial charge in [-0.25, -0.2) is 16.8 Å². The molecule has 0 saturated carbocycles. The Kier molecular flexibility index (Phi) is 69.4. The minimum Gasteiger partial charge on any atom is -0.726 e. The maximum absolute atomic E-state index is 10.9. The first-order chi connectivity index (χ1) is 36.0. The standard InChI is InChI=1S/2C32H64O4S.Ca/c2*1-3-5-7-9-11-13-15-17-19-21-23-25-27-29-32(31-36-37(33,34)35)30-28-26-24-22-20-18-16-14-12-10-8-6-4-2;/h2*27,29,32H,3-26,28,30-31H2,1-2H3,(H,33,34,35);/q;;+2/p-2/b2*29-27+;. The first-order valence-electron chi connectivity index (χ1n) is 32.5.